The zero-order valence-electron chi connectivity index (χ0n) is 12.6. The van der Waals surface area contributed by atoms with Gasteiger partial charge in [-0.1, -0.05) is 19.8 Å². The van der Waals surface area contributed by atoms with E-state index in [0.717, 1.165) is 32.2 Å². The zero-order valence-corrected chi connectivity index (χ0v) is 12.6. The largest absolute Gasteiger partial charge is 0.383 e. The highest BCUT2D eigenvalue weighted by atomic mass is 16.5. The standard InChI is InChI=1S/C15H32N2O/c1-4-14(2)17(11-12-18-3)10-9-16-13-15-7-5-6-8-15/h14-16H,4-13H2,1-3H3. The molecule has 1 N–H and O–H groups in total. The Kier molecular flexibility index (Phi) is 8.64. The molecule has 0 heterocycles. The van der Waals surface area contributed by atoms with Gasteiger partial charge < -0.3 is 10.1 Å². The summed E-state index contributed by atoms with van der Waals surface area (Å²) < 4.78 is 5.19. The first kappa shape index (κ1) is 15.9. The van der Waals surface area contributed by atoms with Crippen LogP contribution in [0.2, 0.25) is 0 Å². The molecule has 1 atom stereocenters. The average Bonchev–Trinajstić information content (AvgIpc) is 2.90. The Morgan fingerprint density at radius 3 is 2.61 bits per heavy atom. The SMILES string of the molecule is CCC(C)N(CCNCC1CCCC1)CCOC. The van der Waals surface area contributed by atoms with Crippen LogP contribution in [-0.4, -0.2) is 50.8 Å². The fourth-order valence-corrected chi connectivity index (χ4v) is 2.76. The highest BCUT2D eigenvalue weighted by Gasteiger charge is 2.15. The van der Waals surface area contributed by atoms with Gasteiger partial charge in [0.2, 0.25) is 0 Å². The van der Waals surface area contributed by atoms with Crippen LogP contribution in [0.4, 0.5) is 0 Å². The van der Waals surface area contributed by atoms with Crippen LogP contribution in [0.3, 0.4) is 0 Å². The quantitative estimate of drug-likeness (QED) is 0.608. The molecule has 0 aliphatic heterocycles. The predicted molar refractivity (Wildman–Crippen MR) is 78.0 cm³/mol. The smallest absolute Gasteiger partial charge is 0.0589 e. The van der Waals surface area contributed by atoms with E-state index in [1.165, 1.54) is 38.6 Å². The fourth-order valence-electron chi connectivity index (χ4n) is 2.76. The second kappa shape index (κ2) is 9.76. The van der Waals surface area contributed by atoms with Crippen LogP contribution >= 0.6 is 0 Å². The van der Waals surface area contributed by atoms with Crippen molar-refractivity contribution in [2.24, 2.45) is 5.92 Å². The van der Waals surface area contributed by atoms with Gasteiger partial charge in [0.15, 0.2) is 0 Å². The van der Waals surface area contributed by atoms with Crippen LogP contribution in [0.1, 0.15) is 46.0 Å². The van der Waals surface area contributed by atoms with Crippen LogP contribution in [0.25, 0.3) is 0 Å². The minimum Gasteiger partial charge on any atom is -0.383 e. The number of rotatable bonds is 10. The van der Waals surface area contributed by atoms with E-state index in [-0.39, 0.29) is 0 Å². The third-order valence-electron chi connectivity index (χ3n) is 4.28. The third kappa shape index (κ3) is 6.17. The first-order chi connectivity index (χ1) is 8.77. The fraction of sp³-hybridized carbons (Fsp3) is 1.00. The van der Waals surface area contributed by atoms with Gasteiger partial charge in [0, 0.05) is 32.8 Å². The maximum Gasteiger partial charge on any atom is 0.0589 e. The lowest BCUT2D eigenvalue weighted by Gasteiger charge is -2.28. The molecule has 108 valence electrons. The summed E-state index contributed by atoms with van der Waals surface area (Å²) >= 11 is 0. The van der Waals surface area contributed by atoms with Crippen molar-refractivity contribution >= 4 is 0 Å². The van der Waals surface area contributed by atoms with Crippen molar-refractivity contribution in [2.75, 3.05) is 39.9 Å². The Morgan fingerprint density at radius 2 is 2.00 bits per heavy atom. The minimum atomic E-state index is 0.661. The van der Waals surface area contributed by atoms with E-state index < -0.39 is 0 Å². The van der Waals surface area contributed by atoms with Crippen LogP contribution in [-0.2, 0) is 4.74 Å². The summed E-state index contributed by atoms with van der Waals surface area (Å²) in [6.45, 7) is 9.95. The Morgan fingerprint density at radius 1 is 1.28 bits per heavy atom. The average molecular weight is 256 g/mol. The van der Waals surface area contributed by atoms with E-state index in [1.807, 2.05) is 0 Å². The molecule has 0 amide bonds. The zero-order chi connectivity index (χ0) is 13.2. The highest BCUT2D eigenvalue weighted by molar-refractivity contribution is 4.71. The molecule has 0 saturated heterocycles. The molecule has 0 aromatic carbocycles. The lowest BCUT2D eigenvalue weighted by atomic mass is 10.1. The summed E-state index contributed by atoms with van der Waals surface area (Å²) in [5.41, 5.74) is 0. The summed E-state index contributed by atoms with van der Waals surface area (Å²) in [5.74, 6) is 0.945. The molecule has 0 bridgehead atoms. The lowest BCUT2D eigenvalue weighted by Crippen LogP contribution is -2.40. The van der Waals surface area contributed by atoms with Crippen molar-refractivity contribution in [3.8, 4) is 0 Å². The van der Waals surface area contributed by atoms with Gasteiger partial charge in [-0.25, -0.2) is 0 Å². The molecule has 0 aromatic heterocycles. The number of nitrogens with one attached hydrogen (secondary N) is 1. The monoisotopic (exact) mass is 256 g/mol. The van der Waals surface area contributed by atoms with Crippen molar-refractivity contribution in [1.82, 2.24) is 10.2 Å². The molecule has 0 radical (unpaired) electrons. The van der Waals surface area contributed by atoms with Crippen LogP contribution < -0.4 is 5.32 Å². The highest BCUT2D eigenvalue weighted by Crippen LogP contribution is 2.23. The van der Waals surface area contributed by atoms with Crippen LogP contribution in [0, 0.1) is 5.92 Å². The summed E-state index contributed by atoms with van der Waals surface area (Å²) in [6.07, 6.45) is 6.97. The van der Waals surface area contributed by atoms with Gasteiger partial charge in [-0.05, 0) is 38.6 Å². The Balaban J connectivity index is 2.11. The number of hydrogen-bond acceptors (Lipinski definition) is 3. The van der Waals surface area contributed by atoms with E-state index in [4.69, 9.17) is 4.74 Å². The molecule has 1 unspecified atom stereocenters. The summed E-state index contributed by atoms with van der Waals surface area (Å²) in [7, 11) is 1.78. The van der Waals surface area contributed by atoms with Gasteiger partial charge in [-0.15, -0.1) is 0 Å². The Labute approximate surface area is 113 Å². The molecule has 18 heavy (non-hydrogen) atoms. The molecular formula is C15H32N2O. The first-order valence-electron chi connectivity index (χ1n) is 7.71. The van der Waals surface area contributed by atoms with Gasteiger partial charge in [0.25, 0.3) is 0 Å². The molecule has 1 fully saturated rings. The van der Waals surface area contributed by atoms with Crippen molar-refractivity contribution < 1.29 is 4.74 Å². The third-order valence-corrected chi connectivity index (χ3v) is 4.28. The van der Waals surface area contributed by atoms with Gasteiger partial charge >= 0.3 is 0 Å². The molecule has 3 heteroatoms. The topological polar surface area (TPSA) is 24.5 Å². The summed E-state index contributed by atoms with van der Waals surface area (Å²) in [5, 5.41) is 3.63. The first-order valence-corrected chi connectivity index (χ1v) is 7.71. The number of hydrogen-bond donors (Lipinski definition) is 1. The van der Waals surface area contributed by atoms with E-state index in [2.05, 4.69) is 24.1 Å². The predicted octanol–water partition coefficient (Wildman–Crippen LogP) is 2.51. The van der Waals surface area contributed by atoms with Crippen molar-refractivity contribution in [3.63, 3.8) is 0 Å². The summed E-state index contributed by atoms with van der Waals surface area (Å²) in [6, 6.07) is 0.661. The van der Waals surface area contributed by atoms with E-state index in [9.17, 15) is 0 Å². The second-order valence-corrected chi connectivity index (χ2v) is 5.64. The Hall–Kier alpha value is -0.120. The Bertz CT molecular complexity index is 193. The number of methoxy groups -OCH3 is 1. The minimum absolute atomic E-state index is 0.661. The summed E-state index contributed by atoms with van der Waals surface area (Å²) in [4.78, 5) is 2.53. The molecule has 1 aliphatic carbocycles. The van der Waals surface area contributed by atoms with Crippen molar-refractivity contribution in [1.29, 1.82) is 0 Å². The van der Waals surface area contributed by atoms with Gasteiger partial charge in [0.1, 0.15) is 0 Å². The maximum atomic E-state index is 5.19. The number of nitrogens with zero attached hydrogens (tertiary/aromatic N) is 1. The normalized spacial score (nSPS) is 18.7. The van der Waals surface area contributed by atoms with Gasteiger partial charge in [-0.2, -0.15) is 0 Å². The maximum absolute atomic E-state index is 5.19. The van der Waals surface area contributed by atoms with Crippen molar-refractivity contribution in [2.45, 2.75) is 52.0 Å². The van der Waals surface area contributed by atoms with E-state index in [0.29, 0.717) is 6.04 Å². The molecule has 1 saturated carbocycles. The van der Waals surface area contributed by atoms with Crippen LogP contribution in [0.5, 0.6) is 0 Å². The molecular weight excluding hydrogens is 224 g/mol. The van der Waals surface area contributed by atoms with E-state index in [1.54, 1.807) is 7.11 Å². The van der Waals surface area contributed by atoms with Gasteiger partial charge in [-0.3, -0.25) is 4.90 Å². The molecule has 1 rings (SSSR count). The molecule has 0 aromatic rings. The van der Waals surface area contributed by atoms with Gasteiger partial charge in [0.05, 0.1) is 6.61 Å². The molecule has 0 spiro atoms. The van der Waals surface area contributed by atoms with Crippen molar-refractivity contribution in [3.05, 3.63) is 0 Å². The molecule has 1 aliphatic rings. The van der Waals surface area contributed by atoms with E-state index >= 15 is 0 Å². The second-order valence-electron chi connectivity index (χ2n) is 5.64. The number of ether oxygens (including phenoxy) is 1. The molecule has 3 nitrogen and oxygen atoms in total. The van der Waals surface area contributed by atoms with Crippen LogP contribution in [0.15, 0.2) is 0 Å². The lowest BCUT2D eigenvalue weighted by molar-refractivity contribution is 0.123.